The van der Waals surface area contributed by atoms with Gasteiger partial charge in [-0.15, -0.1) is 0 Å². The average molecular weight is 378 g/mol. The molecule has 150 valence electrons. The second-order valence-electron chi connectivity index (χ2n) is 8.51. The van der Waals surface area contributed by atoms with Gasteiger partial charge in [-0.2, -0.15) is 0 Å². The van der Waals surface area contributed by atoms with Crippen molar-refractivity contribution in [2.45, 2.75) is 76.2 Å². The molecule has 1 amide bonds. The molecular weight excluding hydrogens is 347 g/mol. The fourth-order valence-corrected chi connectivity index (χ4v) is 4.05. The summed E-state index contributed by atoms with van der Waals surface area (Å²) < 4.78 is 27.0. The predicted molar refractivity (Wildman–Crippen MR) is 102 cm³/mol. The SMILES string of the molecule is CNC(=O)C[C@@H]1[C@H]2OC(C)(C)C(C)(C)O[C@@H]2[C@@H](CF)N1Cc1ccccc1. The van der Waals surface area contributed by atoms with Crippen LogP contribution in [-0.4, -0.2) is 60.0 Å². The molecule has 5 nitrogen and oxygen atoms in total. The number of ether oxygens (including phenoxy) is 2. The first-order valence-electron chi connectivity index (χ1n) is 9.62. The van der Waals surface area contributed by atoms with E-state index >= 15 is 0 Å². The summed E-state index contributed by atoms with van der Waals surface area (Å²) in [4.78, 5) is 14.2. The minimum Gasteiger partial charge on any atom is -0.365 e. The molecule has 6 heteroatoms. The van der Waals surface area contributed by atoms with Gasteiger partial charge in [-0.1, -0.05) is 30.3 Å². The van der Waals surface area contributed by atoms with Gasteiger partial charge in [0.1, 0.15) is 18.9 Å². The van der Waals surface area contributed by atoms with Crippen LogP contribution in [0.15, 0.2) is 30.3 Å². The zero-order valence-corrected chi connectivity index (χ0v) is 16.9. The van der Waals surface area contributed by atoms with Crippen LogP contribution >= 0.6 is 0 Å². The molecule has 3 rings (SSSR count). The number of likely N-dealkylation sites (tertiary alicyclic amines) is 1. The smallest absolute Gasteiger partial charge is 0.221 e. The van der Waals surface area contributed by atoms with Gasteiger partial charge in [0.2, 0.25) is 5.91 Å². The van der Waals surface area contributed by atoms with Crippen LogP contribution in [0, 0.1) is 0 Å². The quantitative estimate of drug-likeness (QED) is 0.856. The molecule has 0 aromatic heterocycles. The number of rotatable bonds is 5. The zero-order valence-electron chi connectivity index (χ0n) is 16.9. The number of carbonyl (C=O) groups excluding carboxylic acids is 1. The van der Waals surface area contributed by atoms with E-state index in [2.05, 4.69) is 10.2 Å². The van der Waals surface area contributed by atoms with Crippen molar-refractivity contribution >= 4 is 5.91 Å². The molecule has 2 saturated heterocycles. The highest BCUT2D eigenvalue weighted by Crippen LogP contribution is 2.45. The summed E-state index contributed by atoms with van der Waals surface area (Å²) in [5.74, 6) is -0.0810. The Labute approximate surface area is 161 Å². The number of hydrogen-bond donors (Lipinski definition) is 1. The Hall–Kier alpha value is -1.50. The van der Waals surface area contributed by atoms with Crippen molar-refractivity contribution in [2.24, 2.45) is 0 Å². The maximum atomic E-state index is 14.2. The van der Waals surface area contributed by atoms with E-state index in [1.165, 1.54) is 0 Å². The number of carbonyl (C=O) groups is 1. The van der Waals surface area contributed by atoms with Gasteiger partial charge in [-0.25, -0.2) is 4.39 Å². The number of amides is 1. The van der Waals surface area contributed by atoms with Crippen molar-refractivity contribution in [1.82, 2.24) is 10.2 Å². The van der Waals surface area contributed by atoms with Gasteiger partial charge >= 0.3 is 0 Å². The molecule has 0 radical (unpaired) electrons. The molecule has 1 aromatic carbocycles. The Morgan fingerprint density at radius 2 is 1.63 bits per heavy atom. The van der Waals surface area contributed by atoms with Crippen LogP contribution in [0.5, 0.6) is 0 Å². The zero-order chi connectivity index (χ0) is 19.8. The predicted octanol–water partition coefficient (Wildman–Crippen LogP) is 2.69. The van der Waals surface area contributed by atoms with Gasteiger partial charge < -0.3 is 14.8 Å². The molecule has 2 aliphatic rings. The molecule has 0 unspecified atom stereocenters. The molecule has 0 saturated carbocycles. The molecule has 1 aromatic rings. The van der Waals surface area contributed by atoms with E-state index in [0.29, 0.717) is 6.54 Å². The highest BCUT2D eigenvalue weighted by atomic mass is 19.1. The van der Waals surface area contributed by atoms with Crippen molar-refractivity contribution in [2.75, 3.05) is 13.7 Å². The van der Waals surface area contributed by atoms with E-state index in [1.54, 1.807) is 7.05 Å². The number of nitrogens with one attached hydrogen (secondary N) is 1. The number of nitrogens with zero attached hydrogens (tertiary/aromatic N) is 1. The van der Waals surface area contributed by atoms with Crippen molar-refractivity contribution in [3.63, 3.8) is 0 Å². The lowest BCUT2D eigenvalue weighted by Crippen LogP contribution is -2.62. The molecule has 1 N–H and O–H groups in total. The first-order valence-corrected chi connectivity index (χ1v) is 9.62. The lowest BCUT2D eigenvalue weighted by atomic mass is 9.85. The fourth-order valence-electron chi connectivity index (χ4n) is 4.05. The monoisotopic (exact) mass is 378 g/mol. The summed E-state index contributed by atoms with van der Waals surface area (Å²) in [5.41, 5.74) is -0.0179. The van der Waals surface area contributed by atoms with Crippen molar-refractivity contribution < 1.29 is 18.7 Å². The third kappa shape index (κ3) is 3.75. The van der Waals surface area contributed by atoms with Crippen LogP contribution in [0.3, 0.4) is 0 Å². The molecule has 0 aliphatic carbocycles. The maximum Gasteiger partial charge on any atom is 0.221 e. The Kier molecular flexibility index (Phi) is 5.62. The minimum atomic E-state index is -0.554. The number of halogens is 1. The highest BCUT2D eigenvalue weighted by molar-refractivity contribution is 5.76. The van der Waals surface area contributed by atoms with Gasteiger partial charge in [-0.3, -0.25) is 9.69 Å². The van der Waals surface area contributed by atoms with Gasteiger partial charge in [0.15, 0.2) is 0 Å². The van der Waals surface area contributed by atoms with Gasteiger partial charge in [0, 0.05) is 26.1 Å². The van der Waals surface area contributed by atoms with Gasteiger partial charge in [-0.05, 0) is 33.3 Å². The van der Waals surface area contributed by atoms with Gasteiger partial charge in [0.25, 0.3) is 0 Å². The highest BCUT2D eigenvalue weighted by Gasteiger charge is 2.59. The number of alkyl halides is 1. The number of fused-ring (bicyclic) bond motifs is 1. The Bertz CT molecular complexity index is 665. The topological polar surface area (TPSA) is 50.8 Å². The second kappa shape index (κ2) is 7.49. The summed E-state index contributed by atoms with van der Waals surface area (Å²) in [7, 11) is 1.62. The first kappa shape index (κ1) is 20.2. The van der Waals surface area contributed by atoms with Crippen molar-refractivity contribution in [3.8, 4) is 0 Å². The maximum absolute atomic E-state index is 14.2. The van der Waals surface area contributed by atoms with E-state index in [-0.39, 0.29) is 24.5 Å². The molecule has 0 spiro atoms. The summed E-state index contributed by atoms with van der Waals surface area (Å²) >= 11 is 0. The van der Waals surface area contributed by atoms with Crippen LogP contribution in [-0.2, 0) is 20.8 Å². The minimum absolute atomic E-state index is 0.0810. The molecule has 2 aliphatic heterocycles. The second-order valence-corrected chi connectivity index (χ2v) is 8.51. The Morgan fingerprint density at radius 3 is 2.15 bits per heavy atom. The fraction of sp³-hybridized carbons (Fsp3) is 0.667. The lowest BCUT2D eigenvalue weighted by molar-refractivity contribution is -0.290. The first-order chi connectivity index (χ1) is 12.7. The van der Waals surface area contributed by atoms with Crippen LogP contribution in [0.4, 0.5) is 4.39 Å². The van der Waals surface area contributed by atoms with Gasteiger partial charge in [0.05, 0.1) is 17.2 Å². The van der Waals surface area contributed by atoms with E-state index in [1.807, 2.05) is 58.0 Å². The van der Waals surface area contributed by atoms with E-state index in [0.717, 1.165) is 5.56 Å². The lowest BCUT2D eigenvalue weighted by Gasteiger charge is -2.51. The average Bonchev–Trinajstić information content (AvgIpc) is 2.87. The summed E-state index contributed by atoms with van der Waals surface area (Å²) in [6.45, 7) is 7.95. The van der Waals surface area contributed by atoms with E-state index < -0.39 is 30.0 Å². The Balaban J connectivity index is 1.95. The van der Waals surface area contributed by atoms with Crippen LogP contribution in [0.2, 0.25) is 0 Å². The Morgan fingerprint density at radius 1 is 1.07 bits per heavy atom. The third-order valence-electron chi connectivity index (χ3n) is 6.29. The normalized spacial score (nSPS) is 32.1. The largest absolute Gasteiger partial charge is 0.365 e. The molecule has 2 heterocycles. The number of hydrogen-bond acceptors (Lipinski definition) is 4. The standard InChI is InChI=1S/C21H31FN2O3/c1-20(2)21(3,4)27-19-16(12-22)24(13-14-9-7-6-8-10-14)15(18(19)26-20)11-17(25)23-5/h6-10,15-16,18-19H,11-13H2,1-5H3,(H,23,25)/t15-,16-,18-,19-/m1/s1. The third-order valence-corrected chi connectivity index (χ3v) is 6.29. The van der Waals surface area contributed by atoms with Crippen molar-refractivity contribution in [3.05, 3.63) is 35.9 Å². The molecule has 27 heavy (non-hydrogen) atoms. The van der Waals surface area contributed by atoms with E-state index in [9.17, 15) is 9.18 Å². The summed E-state index contributed by atoms with van der Waals surface area (Å²) in [6, 6.07) is 9.24. The van der Waals surface area contributed by atoms with Crippen LogP contribution in [0.25, 0.3) is 0 Å². The van der Waals surface area contributed by atoms with Crippen LogP contribution in [0.1, 0.15) is 39.7 Å². The molecule has 0 bridgehead atoms. The summed E-state index contributed by atoms with van der Waals surface area (Å²) in [5, 5.41) is 2.69. The molecule has 2 fully saturated rings. The van der Waals surface area contributed by atoms with Crippen molar-refractivity contribution in [1.29, 1.82) is 0 Å². The molecular formula is C21H31FN2O3. The summed E-state index contributed by atoms with van der Waals surface area (Å²) in [6.07, 6.45) is -0.507. The van der Waals surface area contributed by atoms with E-state index in [4.69, 9.17) is 9.47 Å². The van der Waals surface area contributed by atoms with Crippen LogP contribution < -0.4 is 5.32 Å². The number of benzene rings is 1. The molecule has 4 atom stereocenters.